The van der Waals surface area contributed by atoms with Crippen LogP contribution < -0.4 is 10.1 Å². The average molecular weight is 324 g/mol. The van der Waals surface area contributed by atoms with Gasteiger partial charge in [-0.05, 0) is 28.1 Å². The van der Waals surface area contributed by atoms with Crippen LogP contribution in [0.25, 0.3) is 0 Å². The first kappa shape index (κ1) is 11.7. The van der Waals surface area contributed by atoms with E-state index in [-0.39, 0.29) is 5.78 Å². The maximum absolute atomic E-state index is 12.5. The summed E-state index contributed by atoms with van der Waals surface area (Å²) in [6.07, 6.45) is 0. The Morgan fingerprint density at radius 3 is 3.00 bits per heavy atom. The second-order valence-electron chi connectivity index (χ2n) is 3.92. The van der Waals surface area contributed by atoms with Crippen molar-refractivity contribution in [2.45, 2.75) is 0 Å². The summed E-state index contributed by atoms with van der Waals surface area (Å²) < 4.78 is 6.45. The smallest absolute Gasteiger partial charge is 0.198 e. The minimum atomic E-state index is -0.0105. The van der Waals surface area contributed by atoms with E-state index in [1.54, 1.807) is 6.07 Å². The normalized spacial score (nSPS) is 13.4. The number of para-hydroxylation sites is 1. The van der Waals surface area contributed by atoms with Crippen molar-refractivity contribution in [3.63, 3.8) is 0 Å². The number of carbonyl (C=O) groups excluding carboxylic acids is 1. The van der Waals surface area contributed by atoms with Gasteiger partial charge in [0.15, 0.2) is 11.5 Å². The zero-order valence-corrected chi connectivity index (χ0v) is 11.8. The molecule has 18 heavy (non-hydrogen) atoms. The molecule has 1 N–H and O–H groups in total. The van der Waals surface area contributed by atoms with Gasteiger partial charge in [0.05, 0.1) is 11.3 Å². The fourth-order valence-electron chi connectivity index (χ4n) is 1.94. The highest BCUT2D eigenvalue weighted by Crippen LogP contribution is 2.34. The molecule has 2 heterocycles. The molecule has 0 spiro atoms. The number of nitrogens with one attached hydrogen (secondary N) is 1. The molecule has 3 rings (SSSR count). The largest absolute Gasteiger partial charge is 0.489 e. The van der Waals surface area contributed by atoms with Gasteiger partial charge in [-0.15, -0.1) is 0 Å². The van der Waals surface area contributed by atoms with E-state index < -0.39 is 0 Å². The minimum absolute atomic E-state index is 0.0105. The molecular weight excluding hydrogens is 314 g/mol. The standard InChI is InChI=1S/C13H10BrNO2S/c14-10-7-18-6-9(10)12(16)8-2-1-3-11-13(8)17-5-4-15-11/h1-3,6-7,15H,4-5H2. The second kappa shape index (κ2) is 4.74. The number of thiophene rings is 1. The maximum atomic E-state index is 12.5. The number of hydrogen-bond acceptors (Lipinski definition) is 4. The van der Waals surface area contributed by atoms with E-state index in [4.69, 9.17) is 4.74 Å². The summed E-state index contributed by atoms with van der Waals surface area (Å²) in [6, 6.07) is 5.60. The van der Waals surface area contributed by atoms with Gasteiger partial charge in [0.1, 0.15) is 6.61 Å². The zero-order valence-electron chi connectivity index (χ0n) is 9.40. The first-order valence-electron chi connectivity index (χ1n) is 5.53. The molecule has 2 aromatic rings. The number of rotatable bonds is 2. The lowest BCUT2D eigenvalue weighted by Gasteiger charge is -2.21. The SMILES string of the molecule is O=C(c1cscc1Br)c1cccc2c1OCCN2. The van der Waals surface area contributed by atoms with Crippen LogP contribution in [0.2, 0.25) is 0 Å². The molecule has 3 nitrogen and oxygen atoms in total. The van der Waals surface area contributed by atoms with E-state index in [0.29, 0.717) is 23.5 Å². The predicted octanol–water partition coefficient (Wildman–Crippen LogP) is 3.55. The van der Waals surface area contributed by atoms with Gasteiger partial charge in [0.2, 0.25) is 0 Å². The molecule has 1 aliphatic rings. The van der Waals surface area contributed by atoms with Gasteiger partial charge in [0, 0.05) is 27.3 Å². The Hall–Kier alpha value is -1.33. The number of ketones is 1. The maximum Gasteiger partial charge on any atom is 0.198 e. The third kappa shape index (κ3) is 1.93. The van der Waals surface area contributed by atoms with Gasteiger partial charge in [-0.25, -0.2) is 0 Å². The molecule has 1 aromatic heterocycles. The number of halogens is 1. The summed E-state index contributed by atoms with van der Waals surface area (Å²) in [4.78, 5) is 12.5. The van der Waals surface area contributed by atoms with Crippen LogP contribution in [-0.4, -0.2) is 18.9 Å². The van der Waals surface area contributed by atoms with Gasteiger partial charge in [-0.1, -0.05) is 6.07 Å². The molecule has 0 aliphatic carbocycles. The summed E-state index contributed by atoms with van der Waals surface area (Å²) in [5, 5.41) is 6.99. The molecule has 1 aliphatic heterocycles. The molecule has 0 atom stereocenters. The molecule has 0 fully saturated rings. The number of hydrogen-bond donors (Lipinski definition) is 1. The highest BCUT2D eigenvalue weighted by atomic mass is 79.9. The van der Waals surface area contributed by atoms with Crippen molar-refractivity contribution in [3.05, 3.63) is 44.6 Å². The van der Waals surface area contributed by atoms with Crippen molar-refractivity contribution >= 4 is 38.7 Å². The predicted molar refractivity (Wildman–Crippen MR) is 75.9 cm³/mol. The lowest BCUT2D eigenvalue weighted by atomic mass is 10.0. The highest BCUT2D eigenvalue weighted by Gasteiger charge is 2.21. The van der Waals surface area contributed by atoms with E-state index in [1.165, 1.54) is 11.3 Å². The molecule has 0 amide bonds. The number of benzene rings is 1. The van der Waals surface area contributed by atoms with Gasteiger partial charge in [-0.3, -0.25) is 4.79 Å². The number of anilines is 1. The first-order chi connectivity index (χ1) is 8.77. The first-order valence-corrected chi connectivity index (χ1v) is 7.27. The van der Waals surface area contributed by atoms with Crippen LogP contribution in [0.15, 0.2) is 33.4 Å². The Morgan fingerprint density at radius 2 is 2.22 bits per heavy atom. The van der Waals surface area contributed by atoms with E-state index in [9.17, 15) is 4.79 Å². The van der Waals surface area contributed by atoms with E-state index >= 15 is 0 Å². The third-order valence-corrected chi connectivity index (χ3v) is 4.49. The zero-order chi connectivity index (χ0) is 12.5. The third-order valence-electron chi connectivity index (χ3n) is 2.78. The molecule has 92 valence electrons. The second-order valence-corrected chi connectivity index (χ2v) is 5.52. The Labute approximate surface area is 117 Å². The fraction of sp³-hybridized carbons (Fsp3) is 0.154. The number of carbonyl (C=O) groups is 1. The van der Waals surface area contributed by atoms with Crippen LogP contribution in [0, 0.1) is 0 Å². The molecule has 0 unspecified atom stereocenters. The van der Waals surface area contributed by atoms with Crippen molar-refractivity contribution in [1.29, 1.82) is 0 Å². The molecular formula is C13H10BrNO2S. The van der Waals surface area contributed by atoms with Crippen LogP contribution in [0.1, 0.15) is 15.9 Å². The van der Waals surface area contributed by atoms with Crippen molar-refractivity contribution in [3.8, 4) is 5.75 Å². The Balaban J connectivity index is 2.07. The fourth-order valence-corrected chi connectivity index (χ4v) is 3.39. The van der Waals surface area contributed by atoms with Crippen LogP contribution >= 0.6 is 27.3 Å². The van der Waals surface area contributed by atoms with E-state index in [1.807, 2.05) is 22.9 Å². The molecule has 0 saturated carbocycles. The molecule has 0 bridgehead atoms. The number of fused-ring (bicyclic) bond motifs is 1. The van der Waals surface area contributed by atoms with Crippen molar-refractivity contribution in [2.75, 3.05) is 18.5 Å². The summed E-state index contributed by atoms with van der Waals surface area (Å²) in [5.74, 6) is 0.649. The van der Waals surface area contributed by atoms with Crippen molar-refractivity contribution in [2.24, 2.45) is 0 Å². The minimum Gasteiger partial charge on any atom is -0.489 e. The Kier molecular flexibility index (Phi) is 3.09. The molecule has 0 radical (unpaired) electrons. The Morgan fingerprint density at radius 1 is 1.33 bits per heavy atom. The van der Waals surface area contributed by atoms with Crippen molar-refractivity contribution < 1.29 is 9.53 Å². The summed E-state index contributed by atoms with van der Waals surface area (Å²) in [7, 11) is 0. The van der Waals surface area contributed by atoms with Gasteiger partial charge < -0.3 is 10.1 Å². The molecule has 1 aromatic carbocycles. The van der Waals surface area contributed by atoms with E-state index in [0.717, 1.165) is 16.7 Å². The lowest BCUT2D eigenvalue weighted by Crippen LogP contribution is -2.20. The Bertz CT molecular complexity index is 609. The monoisotopic (exact) mass is 323 g/mol. The van der Waals surface area contributed by atoms with Gasteiger partial charge in [-0.2, -0.15) is 11.3 Å². The van der Waals surface area contributed by atoms with Gasteiger partial charge in [0.25, 0.3) is 0 Å². The van der Waals surface area contributed by atoms with Gasteiger partial charge >= 0.3 is 0 Å². The summed E-state index contributed by atoms with van der Waals surface area (Å²) in [6.45, 7) is 1.36. The highest BCUT2D eigenvalue weighted by molar-refractivity contribution is 9.10. The number of ether oxygens (including phenoxy) is 1. The summed E-state index contributed by atoms with van der Waals surface area (Å²) >= 11 is 4.90. The van der Waals surface area contributed by atoms with Crippen LogP contribution in [-0.2, 0) is 0 Å². The lowest BCUT2D eigenvalue weighted by molar-refractivity contribution is 0.103. The average Bonchev–Trinajstić information content (AvgIpc) is 2.83. The summed E-state index contributed by atoms with van der Waals surface area (Å²) in [5.41, 5.74) is 2.18. The quantitative estimate of drug-likeness (QED) is 0.859. The van der Waals surface area contributed by atoms with Crippen LogP contribution in [0.4, 0.5) is 5.69 Å². The van der Waals surface area contributed by atoms with Crippen LogP contribution in [0.5, 0.6) is 5.75 Å². The molecule has 5 heteroatoms. The topological polar surface area (TPSA) is 38.3 Å². The molecule has 0 saturated heterocycles. The van der Waals surface area contributed by atoms with E-state index in [2.05, 4.69) is 21.2 Å². The van der Waals surface area contributed by atoms with Crippen molar-refractivity contribution in [1.82, 2.24) is 0 Å². The van der Waals surface area contributed by atoms with Crippen LogP contribution in [0.3, 0.4) is 0 Å².